The minimum Gasteiger partial charge on any atom is -0.354 e. The quantitative estimate of drug-likeness (QED) is 0.645. The molecule has 160 valence electrons. The Hall–Kier alpha value is -3.48. The number of nitrogens with zero attached hydrogens (tertiary/aromatic N) is 3. The molecule has 0 spiro atoms. The summed E-state index contributed by atoms with van der Waals surface area (Å²) in [6.07, 6.45) is 4.79. The molecular formula is C24H27N5O2. The summed E-state index contributed by atoms with van der Waals surface area (Å²) in [7, 11) is 0. The molecule has 1 aliphatic rings. The number of fused-ring (bicyclic) bond motifs is 1. The zero-order valence-corrected chi connectivity index (χ0v) is 18.1. The van der Waals surface area contributed by atoms with Crippen LogP contribution in [0.1, 0.15) is 49.2 Å². The van der Waals surface area contributed by atoms with E-state index in [1.165, 1.54) is 6.92 Å². The van der Waals surface area contributed by atoms with Gasteiger partial charge in [0.1, 0.15) is 0 Å². The van der Waals surface area contributed by atoms with Gasteiger partial charge in [0.05, 0.1) is 11.3 Å². The van der Waals surface area contributed by atoms with E-state index in [2.05, 4.69) is 27.5 Å². The molecule has 4 rings (SSSR count). The van der Waals surface area contributed by atoms with Gasteiger partial charge >= 0.3 is 0 Å². The minimum absolute atomic E-state index is 0.0253. The summed E-state index contributed by atoms with van der Waals surface area (Å²) in [6, 6.07) is 11.5. The number of benzene rings is 1. The molecule has 1 aromatic carbocycles. The number of carbonyl (C=O) groups excluding carboxylic acids is 2. The van der Waals surface area contributed by atoms with E-state index in [1.807, 2.05) is 48.2 Å². The van der Waals surface area contributed by atoms with Crippen molar-refractivity contribution in [3.63, 3.8) is 0 Å². The summed E-state index contributed by atoms with van der Waals surface area (Å²) >= 11 is 0. The van der Waals surface area contributed by atoms with Crippen molar-refractivity contribution in [1.29, 1.82) is 0 Å². The second-order valence-electron chi connectivity index (χ2n) is 8.10. The van der Waals surface area contributed by atoms with Crippen LogP contribution in [0.4, 0.5) is 17.1 Å². The molecule has 3 heterocycles. The standard InChI is InChI=1S/C24H27N5O2/c1-15-10-11-20-22(28-19-9-6-8-18(13-19)27-17(3)30)21(14-25-23(20)26-15)24(31)29-12-5-4-7-16(29)2/h6,8-11,13-14,16H,4-5,7,12H2,1-3H3,(H,27,30)(H,25,26,28). The summed E-state index contributed by atoms with van der Waals surface area (Å²) in [5.41, 5.74) is 4.10. The molecule has 1 fully saturated rings. The predicted octanol–water partition coefficient (Wildman–Crippen LogP) is 4.65. The molecule has 2 amide bonds. The van der Waals surface area contributed by atoms with Gasteiger partial charge in [-0.25, -0.2) is 9.97 Å². The van der Waals surface area contributed by atoms with E-state index in [-0.39, 0.29) is 17.9 Å². The van der Waals surface area contributed by atoms with E-state index < -0.39 is 0 Å². The van der Waals surface area contributed by atoms with Crippen LogP contribution in [0.2, 0.25) is 0 Å². The van der Waals surface area contributed by atoms with Crippen molar-refractivity contribution in [2.75, 3.05) is 17.2 Å². The number of anilines is 3. The first kappa shape index (κ1) is 20.8. The summed E-state index contributed by atoms with van der Waals surface area (Å²) < 4.78 is 0. The summed E-state index contributed by atoms with van der Waals surface area (Å²) in [4.78, 5) is 35.9. The molecule has 0 radical (unpaired) electrons. The molecule has 7 heteroatoms. The Kier molecular flexibility index (Phi) is 5.84. The van der Waals surface area contributed by atoms with E-state index >= 15 is 0 Å². The molecule has 1 saturated heterocycles. The Morgan fingerprint density at radius 1 is 1.13 bits per heavy atom. The fourth-order valence-corrected chi connectivity index (χ4v) is 4.05. The Balaban J connectivity index is 1.78. The SMILES string of the molecule is CC(=O)Nc1cccc(Nc2c(C(=O)N3CCCCC3C)cnc3nc(C)ccc23)c1. The maximum absolute atomic E-state index is 13.5. The fraction of sp³-hybridized carbons (Fsp3) is 0.333. The van der Waals surface area contributed by atoms with Gasteiger partial charge in [0.2, 0.25) is 5.91 Å². The third kappa shape index (κ3) is 4.50. The summed E-state index contributed by atoms with van der Waals surface area (Å²) in [5, 5.41) is 6.98. The molecule has 0 saturated carbocycles. The van der Waals surface area contributed by atoms with Crippen molar-refractivity contribution in [2.45, 2.75) is 46.1 Å². The zero-order valence-electron chi connectivity index (χ0n) is 18.1. The van der Waals surface area contributed by atoms with Crippen molar-refractivity contribution in [2.24, 2.45) is 0 Å². The van der Waals surface area contributed by atoms with Gasteiger partial charge in [-0.05, 0) is 63.4 Å². The second-order valence-corrected chi connectivity index (χ2v) is 8.10. The lowest BCUT2D eigenvalue weighted by Crippen LogP contribution is -2.42. The number of nitrogens with one attached hydrogen (secondary N) is 2. The number of piperidine rings is 1. The number of carbonyl (C=O) groups is 2. The molecule has 2 aromatic heterocycles. The van der Waals surface area contributed by atoms with Crippen LogP contribution < -0.4 is 10.6 Å². The fourth-order valence-electron chi connectivity index (χ4n) is 4.05. The van der Waals surface area contributed by atoms with Crippen molar-refractivity contribution in [1.82, 2.24) is 14.9 Å². The van der Waals surface area contributed by atoms with Crippen LogP contribution in [0, 0.1) is 6.92 Å². The third-order valence-corrected chi connectivity index (χ3v) is 5.62. The van der Waals surface area contributed by atoms with Crippen LogP contribution in [0.25, 0.3) is 11.0 Å². The Labute approximate surface area is 181 Å². The van der Waals surface area contributed by atoms with Gasteiger partial charge in [-0.1, -0.05) is 6.07 Å². The Bertz CT molecular complexity index is 1140. The van der Waals surface area contributed by atoms with Gasteiger partial charge in [0.15, 0.2) is 5.65 Å². The molecule has 1 unspecified atom stereocenters. The van der Waals surface area contributed by atoms with Crippen molar-refractivity contribution < 1.29 is 9.59 Å². The van der Waals surface area contributed by atoms with Crippen LogP contribution in [-0.4, -0.2) is 39.3 Å². The number of amides is 2. The highest BCUT2D eigenvalue weighted by Crippen LogP contribution is 2.31. The van der Waals surface area contributed by atoms with Gasteiger partial charge in [-0.2, -0.15) is 0 Å². The second kappa shape index (κ2) is 8.71. The van der Waals surface area contributed by atoms with Crippen LogP contribution in [0.15, 0.2) is 42.6 Å². The largest absolute Gasteiger partial charge is 0.354 e. The highest BCUT2D eigenvalue weighted by atomic mass is 16.2. The highest BCUT2D eigenvalue weighted by molar-refractivity contribution is 6.07. The lowest BCUT2D eigenvalue weighted by Gasteiger charge is -2.34. The zero-order chi connectivity index (χ0) is 22.0. The predicted molar refractivity (Wildman–Crippen MR) is 123 cm³/mol. The van der Waals surface area contributed by atoms with Crippen molar-refractivity contribution in [3.05, 3.63) is 53.9 Å². The molecule has 0 aliphatic carbocycles. The van der Waals surface area contributed by atoms with E-state index in [1.54, 1.807) is 6.20 Å². The molecule has 2 N–H and O–H groups in total. The number of likely N-dealkylation sites (tertiary alicyclic amines) is 1. The number of aryl methyl sites for hydroxylation is 1. The molecule has 1 atom stereocenters. The van der Waals surface area contributed by atoms with Crippen LogP contribution in [0.5, 0.6) is 0 Å². The van der Waals surface area contributed by atoms with E-state index in [4.69, 9.17) is 0 Å². The van der Waals surface area contributed by atoms with Crippen LogP contribution >= 0.6 is 0 Å². The minimum atomic E-state index is -0.138. The van der Waals surface area contributed by atoms with E-state index in [0.717, 1.165) is 42.6 Å². The third-order valence-electron chi connectivity index (χ3n) is 5.62. The average molecular weight is 418 g/mol. The van der Waals surface area contributed by atoms with E-state index in [9.17, 15) is 9.59 Å². The van der Waals surface area contributed by atoms with Crippen LogP contribution in [0.3, 0.4) is 0 Å². The Morgan fingerprint density at radius 3 is 2.71 bits per heavy atom. The Morgan fingerprint density at radius 2 is 1.94 bits per heavy atom. The maximum Gasteiger partial charge on any atom is 0.257 e. The lowest BCUT2D eigenvalue weighted by atomic mass is 10.0. The lowest BCUT2D eigenvalue weighted by molar-refractivity contribution is -0.114. The topological polar surface area (TPSA) is 87.2 Å². The average Bonchev–Trinajstić information content (AvgIpc) is 2.73. The first-order chi connectivity index (χ1) is 14.9. The molecule has 3 aromatic rings. The first-order valence-corrected chi connectivity index (χ1v) is 10.6. The first-order valence-electron chi connectivity index (χ1n) is 10.6. The molecule has 31 heavy (non-hydrogen) atoms. The molecular weight excluding hydrogens is 390 g/mol. The van der Waals surface area contributed by atoms with E-state index in [0.29, 0.717) is 22.6 Å². The highest BCUT2D eigenvalue weighted by Gasteiger charge is 2.27. The molecule has 1 aliphatic heterocycles. The number of aromatic nitrogens is 2. The van der Waals surface area contributed by atoms with Gasteiger partial charge in [-0.3, -0.25) is 9.59 Å². The van der Waals surface area contributed by atoms with Crippen LogP contribution in [-0.2, 0) is 4.79 Å². The number of pyridine rings is 2. The monoisotopic (exact) mass is 417 g/mol. The van der Waals surface area contributed by atoms with Gasteiger partial charge in [-0.15, -0.1) is 0 Å². The molecule has 0 bridgehead atoms. The van der Waals surface area contributed by atoms with Gasteiger partial charge < -0.3 is 15.5 Å². The molecule has 7 nitrogen and oxygen atoms in total. The van der Waals surface area contributed by atoms with Gasteiger partial charge in [0.25, 0.3) is 5.91 Å². The number of hydrogen-bond acceptors (Lipinski definition) is 5. The van der Waals surface area contributed by atoms with Gasteiger partial charge in [0, 0.05) is 48.2 Å². The normalized spacial score (nSPS) is 16.2. The number of rotatable bonds is 4. The van der Waals surface area contributed by atoms with Crippen molar-refractivity contribution >= 4 is 39.9 Å². The number of hydrogen-bond donors (Lipinski definition) is 2. The summed E-state index contributed by atoms with van der Waals surface area (Å²) in [5.74, 6) is -0.163. The summed E-state index contributed by atoms with van der Waals surface area (Å²) in [6.45, 7) is 6.24. The van der Waals surface area contributed by atoms with Crippen molar-refractivity contribution in [3.8, 4) is 0 Å². The maximum atomic E-state index is 13.5. The smallest absolute Gasteiger partial charge is 0.257 e.